The Kier molecular flexibility index (Phi) is 5.90. The molecule has 0 heterocycles. The van der Waals surface area contributed by atoms with Gasteiger partial charge in [0, 0.05) is 18.3 Å². The van der Waals surface area contributed by atoms with Gasteiger partial charge in [-0.15, -0.1) is 0 Å². The van der Waals surface area contributed by atoms with Crippen LogP contribution in [0.2, 0.25) is 0 Å². The predicted octanol–water partition coefficient (Wildman–Crippen LogP) is 1.87. The van der Waals surface area contributed by atoms with Crippen LogP contribution in [0.25, 0.3) is 0 Å². The van der Waals surface area contributed by atoms with Crippen molar-refractivity contribution in [3.63, 3.8) is 0 Å². The molecule has 9 atom stereocenters. The van der Waals surface area contributed by atoms with E-state index in [4.69, 9.17) is 0 Å². The normalized spacial score (nSPS) is 45.1. The maximum absolute atomic E-state index is 13.6. The third-order valence-corrected chi connectivity index (χ3v) is 8.65. The fourth-order valence-electron chi connectivity index (χ4n) is 7.18. The number of fused-ring (bicyclic) bond motifs is 3. The van der Waals surface area contributed by atoms with E-state index in [0.29, 0.717) is 25.2 Å². The Balaban J connectivity index is 1.68. The van der Waals surface area contributed by atoms with Gasteiger partial charge >= 0.3 is 0 Å². The van der Waals surface area contributed by atoms with Crippen molar-refractivity contribution < 1.29 is 34.8 Å². The van der Waals surface area contributed by atoms with Gasteiger partial charge in [0.15, 0.2) is 11.4 Å². The van der Waals surface area contributed by atoms with Crippen LogP contribution in [-0.4, -0.2) is 55.6 Å². The van der Waals surface area contributed by atoms with Crippen LogP contribution in [0.1, 0.15) is 65.2 Å². The lowest BCUT2D eigenvalue weighted by molar-refractivity contribution is -0.201. The van der Waals surface area contributed by atoms with Gasteiger partial charge in [-0.2, -0.15) is 0 Å². The van der Waals surface area contributed by atoms with E-state index in [1.807, 2.05) is 0 Å². The van der Waals surface area contributed by atoms with Crippen molar-refractivity contribution in [1.29, 1.82) is 0 Å². The highest BCUT2D eigenvalue weighted by molar-refractivity contribution is 6.23. The van der Waals surface area contributed by atoms with Crippen molar-refractivity contribution in [2.24, 2.45) is 35.5 Å². The van der Waals surface area contributed by atoms with Gasteiger partial charge in [-0.3, -0.25) is 14.4 Å². The predicted molar refractivity (Wildman–Crippen MR) is 111 cm³/mol. The van der Waals surface area contributed by atoms with Crippen molar-refractivity contribution in [2.45, 2.75) is 83.0 Å². The minimum atomic E-state index is -2.27. The molecule has 4 N–H and O–H groups in total. The van der Waals surface area contributed by atoms with E-state index in [2.05, 4.69) is 6.92 Å². The number of aliphatic hydroxyl groups is 4. The van der Waals surface area contributed by atoms with Gasteiger partial charge in [-0.1, -0.05) is 26.2 Å². The van der Waals surface area contributed by atoms with Crippen LogP contribution in [0.4, 0.5) is 0 Å². The van der Waals surface area contributed by atoms with Gasteiger partial charge in [-0.25, -0.2) is 0 Å². The Morgan fingerprint density at radius 3 is 2.48 bits per heavy atom. The summed E-state index contributed by atoms with van der Waals surface area (Å²) in [5.74, 6) is -4.35. The highest BCUT2D eigenvalue weighted by Gasteiger charge is 2.65. The number of carbonyl (C=O) groups excluding carboxylic acids is 3. The second kappa shape index (κ2) is 8.09. The molecule has 0 aromatic heterocycles. The van der Waals surface area contributed by atoms with Crippen LogP contribution in [-0.2, 0) is 14.4 Å². The molecule has 0 radical (unpaired) electrons. The smallest absolute Gasteiger partial charge is 0.204 e. The van der Waals surface area contributed by atoms with E-state index < -0.39 is 52.7 Å². The number of hydrogen-bond donors (Lipinski definition) is 4. The first-order valence-electron chi connectivity index (χ1n) is 11.7. The minimum Gasteiger partial charge on any atom is -0.511 e. The maximum atomic E-state index is 13.6. The van der Waals surface area contributed by atoms with Crippen molar-refractivity contribution in [1.82, 2.24) is 0 Å². The zero-order valence-corrected chi connectivity index (χ0v) is 18.3. The highest BCUT2D eigenvalue weighted by atomic mass is 16.4. The van der Waals surface area contributed by atoms with Crippen molar-refractivity contribution in [3.8, 4) is 0 Å². The first-order chi connectivity index (χ1) is 14.6. The van der Waals surface area contributed by atoms with E-state index in [-0.39, 0.29) is 29.8 Å². The second-order valence-electron chi connectivity index (χ2n) is 10.3. The molecule has 3 fully saturated rings. The molecule has 0 spiro atoms. The first-order valence-corrected chi connectivity index (χ1v) is 11.7. The zero-order chi connectivity index (χ0) is 22.7. The molecular formula is C24H34O7. The van der Waals surface area contributed by atoms with Crippen molar-refractivity contribution in [2.75, 3.05) is 0 Å². The second-order valence-corrected chi connectivity index (χ2v) is 10.3. The van der Waals surface area contributed by atoms with Crippen molar-refractivity contribution in [3.05, 3.63) is 11.3 Å². The SMILES string of the molecule is CCCCC1CCC(O)C2C(=O)C3C(O)[C@]4(O)C(=O)C(C(C)=O)=C(O)C[C@@H]4C[C@@H]3CC12. The Morgan fingerprint density at radius 2 is 1.84 bits per heavy atom. The fourth-order valence-corrected chi connectivity index (χ4v) is 7.18. The average Bonchev–Trinajstić information content (AvgIpc) is 2.70. The molecule has 172 valence electrons. The van der Waals surface area contributed by atoms with Gasteiger partial charge in [0.05, 0.1) is 12.0 Å². The number of aliphatic hydroxyl groups excluding tert-OH is 3. The van der Waals surface area contributed by atoms with Crippen LogP contribution in [0.15, 0.2) is 11.3 Å². The molecule has 0 aromatic rings. The summed E-state index contributed by atoms with van der Waals surface area (Å²) in [5, 5.41) is 43.5. The summed E-state index contributed by atoms with van der Waals surface area (Å²) in [6.07, 6.45) is 3.07. The summed E-state index contributed by atoms with van der Waals surface area (Å²) in [6.45, 7) is 3.27. The molecule has 7 heteroatoms. The molecule has 4 aliphatic rings. The number of carbonyl (C=O) groups is 3. The summed E-state index contributed by atoms with van der Waals surface area (Å²) in [6, 6.07) is 0. The molecular weight excluding hydrogens is 400 g/mol. The monoisotopic (exact) mass is 434 g/mol. The van der Waals surface area contributed by atoms with Crippen LogP contribution in [0, 0.1) is 35.5 Å². The van der Waals surface area contributed by atoms with Crippen LogP contribution < -0.4 is 0 Å². The lowest BCUT2D eigenvalue weighted by Crippen LogP contribution is -2.68. The first kappa shape index (κ1) is 22.6. The fraction of sp³-hybridized carbons (Fsp3) is 0.792. The van der Waals surface area contributed by atoms with Gasteiger partial charge in [0.25, 0.3) is 0 Å². The standard InChI is InChI=1S/C24H34O7/c1-3-4-5-12-6-7-16(26)20-15(12)9-13-8-14-10-17(27)18(11(2)25)22(29)24(14,31)23(30)19(13)21(20)28/h12-16,19-20,23,26-27,30-31H,3-10H2,1-2H3/t12?,13-,14+,15?,16?,19?,20?,23?,24-/m1/s1. The van der Waals surface area contributed by atoms with E-state index in [9.17, 15) is 34.8 Å². The Labute approximate surface area is 182 Å². The molecule has 3 saturated carbocycles. The van der Waals surface area contributed by atoms with Crippen LogP contribution >= 0.6 is 0 Å². The molecule has 0 aromatic carbocycles. The van der Waals surface area contributed by atoms with E-state index in [1.165, 1.54) is 0 Å². The zero-order valence-electron chi connectivity index (χ0n) is 18.3. The summed E-state index contributed by atoms with van der Waals surface area (Å²) in [4.78, 5) is 38.5. The van der Waals surface area contributed by atoms with Crippen molar-refractivity contribution >= 4 is 17.3 Å². The molecule has 0 amide bonds. The average molecular weight is 435 g/mol. The molecule has 4 aliphatic carbocycles. The number of allylic oxidation sites excluding steroid dienone is 1. The summed E-state index contributed by atoms with van der Waals surface area (Å²) in [5.41, 5.74) is -2.74. The molecule has 0 saturated heterocycles. The summed E-state index contributed by atoms with van der Waals surface area (Å²) < 4.78 is 0. The number of unbranched alkanes of at least 4 members (excludes halogenated alkanes) is 1. The number of rotatable bonds is 4. The van der Waals surface area contributed by atoms with E-state index in [0.717, 1.165) is 32.6 Å². The highest BCUT2D eigenvalue weighted by Crippen LogP contribution is 2.56. The third-order valence-electron chi connectivity index (χ3n) is 8.65. The Bertz CT molecular complexity index is 815. The van der Waals surface area contributed by atoms with Crippen LogP contribution in [0.3, 0.4) is 0 Å². The van der Waals surface area contributed by atoms with Gasteiger partial charge in [0.1, 0.15) is 23.2 Å². The summed E-state index contributed by atoms with van der Waals surface area (Å²) >= 11 is 0. The van der Waals surface area contributed by atoms with Gasteiger partial charge in [0.2, 0.25) is 5.78 Å². The molecule has 4 rings (SSSR count). The van der Waals surface area contributed by atoms with E-state index >= 15 is 0 Å². The molecule has 6 unspecified atom stereocenters. The van der Waals surface area contributed by atoms with Gasteiger partial charge < -0.3 is 20.4 Å². The Morgan fingerprint density at radius 1 is 1.13 bits per heavy atom. The van der Waals surface area contributed by atoms with Crippen LogP contribution in [0.5, 0.6) is 0 Å². The molecule has 31 heavy (non-hydrogen) atoms. The third kappa shape index (κ3) is 3.31. The topological polar surface area (TPSA) is 132 Å². The van der Waals surface area contributed by atoms with Gasteiger partial charge in [-0.05, 0) is 50.4 Å². The molecule has 0 bridgehead atoms. The summed E-state index contributed by atoms with van der Waals surface area (Å²) in [7, 11) is 0. The van der Waals surface area contributed by atoms with E-state index in [1.54, 1.807) is 0 Å². The Hall–Kier alpha value is -1.57. The quantitative estimate of drug-likeness (QED) is 0.497. The number of ketones is 3. The number of hydrogen-bond acceptors (Lipinski definition) is 7. The molecule has 7 nitrogen and oxygen atoms in total. The minimum absolute atomic E-state index is 0.0404. The largest absolute Gasteiger partial charge is 0.511 e. The lowest BCUT2D eigenvalue weighted by atomic mass is 9.49. The maximum Gasteiger partial charge on any atom is 0.204 e. The lowest BCUT2D eigenvalue weighted by Gasteiger charge is -2.56. The number of Topliss-reactive ketones (excluding diaryl/α,β-unsaturated/α-hetero) is 3. The molecule has 0 aliphatic heterocycles.